The second-order valence-corrected chi connectivity index (χ2v) is 7.20. The van der Waals surface area contributed by atoms with Gasteiger partial charge in [0.2, 0.25) is 5.91 Å². The van der Waals surface area contributed by atoms with Gasteiger partial charge in [-0.05, 0) is 44.9 Å². The van der Waals surface area contributed by atoms with E-state index in [0.29, 0.717) is 25.3 Å². The summed E-state index contributed by atoms with van der Waals surface area (Å²) in [4.78, 5) is 26.5. The van der Waals surface area contributed by atoms with Crippen molar-refractivity contribution in [2.24, 2.45) is 0 Å². The highest BCUT2D eigenvalue weighted by Gasteiger charge is 2.40. The molecule has 1 aromatic carbocycles. The first-order chi connectivity index (χ1) is 11.8. The van der Waals surface area contributed by atoms with E-state index in [0.717, 1.165) is 24.1 Å². The summed E-state index contributed by atoms with van der Waals surface area (Å²) in [5.74, 6) is 0.569. The Morgan fingerprint density at radius 2 is 2.00 bits per heavy atom. The number of fused-ring (bicyclic) bond motifs is 1. The molecule has 0 spiro atoms. The monoisotopic (exact) mass is 346 g/mol. The van der Waals surface area contributed by atoms with Crippen LogP contribution in [0.15, 0.2) is 18.2 Å². The Morgan fingerprint density at radius 1 is 1.24 bits per heavy atom. The molecule has 5 nitrogen and oxygen atoms in total. The third kappa shape index (κ3) is 4.97. The molecule has 138 valence electrons. The molecule has 25 heavy (non-hydrogen) atoms. The first-order valence-electron chi connectivity index (χ1n) is 9.23. The van der Waals surface area contributed by atoms with Crippen LogP contribution in [0.25, 0.3) is 0 Å². The van der Waals surface area contributed by atoms with Crippen LogP contribution >= 0.6 is 0 Å². The molecule has 1 N–H and O–H groups in total. The molecule has 2 rings (SSSR count). The SMILES string of the molecule is CCCCCCNC(=O)CCN1C(=O)C(C)(C)Oc2ccc(C)cc21. The Labute approximate surface area is 150 Å². The zero-order valence-electron chi connectivity index (χ0n) is 15.9. The van der Waals surface area contributed by atoms with E-state index in [1.807, 2.05) is 25.1 Å². The van der Waals surface area contributed by atoms with Crippen molar-refractivity contribution in [2.45, 2.75) is 65.4 Å². The Bertz CT molecular complexity index is 625. The fourth-order valence-corrected chi connectivity index (χ4v) is 2.98. The summed E-state index contributed by atoms with van der Waals surface area (Å²) in [5.41, 5.74) is 0.888. The molecule has 2 amide bonds. The molecule has 0 aromatic heterocycles. The van der Waals surface area contributed by atoms with E-state index in [-0.39, 0.29) is 11.8 Å². The zero-order valence-corrected chi connectivity index (χ0v) is 15.9. The minimum Gasteiger partial charge on any atom is -0.476 e. The molecular formula is C20H30N2O3. The number of carbonyl (C=O) groups excluding carboxylic acids is 2. The number of nitrogens with zero attached hydrogens (tertiary/aromatic N) is 1. The van der Waals surface area contributed by atoms with Crippen LogP contribution in [0.5, 0.6) is 5.75 Å². The maximum Gasteiger partial charge on any atom is 0.270 e. The average molecular weight is 346 g/mol. The molecule has 1 aromatic rings. The Kier molecular flexibility index (Phi) is 6.45. The van der Waals surface area contributed by atoms with Crippen molar-refractivity contribution in [2.75, 3.05) is 18.0 Å². The predicted octanol–water partition coefficient (Wildman–Crippen LogP) is 3.59. The first kappa shape index (κ1) is 19.3. The van der Waals surface area contributed by atoms with Crippen molar-refractivity contribution in [1.82, 2.24) is 5.32 Å². The molecule has 0 bridgehead atoms. The van der Waals surface area contributed by atoms with Crippen LogP contribution in [0.4, 0.5) is 5.69 Å². The minimum atomic E-state index is -0.918. The third-order valence-electron chi connectivity index (χ3n) is 4.45. The number of hydrogen-bond acceptors (Lipinski definition) is 3. The van der Waals surface area contributed by atoms with Gasteiger partial charge in [-0.2, -0.15) is 0 Å². The second kappa shape index (κ2) is 8.37. The number of unbranched alkanes of at least 4 members (excludes halogenated alkanes) is 3. The molecule has 0 fully saturated rings. The Hall–Kier alpha value is -2.04. The minimum absolute atomic E-state index is 0.0113. The van der Waals surface area contributed by atoms with E-state index < -0.39 is 5.60 Å². The maximum absolute atomic E-state index is 12.7. The number of aryl methyl sites for hydroxylation is 1. The lowest BCUT2D eigenvalue weighted by Crippen LogP contribution is -2.53. The number of nitrogens with one attached hydrogen (secondary N) is 1. The van der Waals surface area contributed by atoms with Gasteiger partial charge in [-0.1, -0.05) is 32.3 Å². The summed E-state index contributed by atoms with van der Waals surface area (Å²) >= 11 is 0. The van der Waals surface area contributed by atoms with Gasteiger partial charge in [0.25, 0.3) is 5.91 Å². The van der Waals surface area contributed by atoms with Crippen molar-refractivity contribution >= 4 is 17.5 Å². The van der Waals surface area contributed by atoms with Crippen molar-refractivity contribution in [3.63, 3.8) is 0 Å². The average Bonchev–Trinajstić information content (AvgIpc) is 2.56. The summed E-state index contributed by atoms with van der Waals surface area (Å²) in [6.07, 6.45) is 4.82. The van der Waals surface area contributed by atoms with E-state index in [1.54, 1.807) is 18.7 Å². The molecule has 1 heterocycles. The molecule has 0 unspecified atom stereocenters. The summed E-state index contributed by atoms with van der Waals surface area (Å²) in [6.45, 7) is 8.74. The van der Waals surface area contributed by atoms with Gasteiger partial charge >= 0.3 is 0 Å². The Balaban J connectivity index is 1.97. The van der Waals surface area contributed by atoms with Gasteiger partial charge in [-0.3, -0.25) is 9.59 Å². The molecule has 1 aliphatic heterocycles. The van der Waals surface area contributed by atoms with Gasteiger partial charge < -0.3 is 15.0 Å². The number of anilines is 1. The van der Waals surface area contributed by atoms with Crippen LogP contribution in [0.2, 0.25) is 0 Å². The molecule has 0 atom stereocenters. The lowest BCUT2D eigenvalue weighted by atomic mass is 10.0. The number of benzene rings is 1. The Morgan fingerprint density at radius 3 is 2.72 bits per heavy atom. The maximum atomic E-state index is 12.7. The van der Waals surface area contributed by atoms with Crippen molar-refractivity contribution in [1.29, 1.82) is 0 Å². The van der Waals surface area contributed by atoms with Gasteiger partial charge in [0, 0.05) is 19.5 Å². The van der Waals surface area contributed by atoms with E-state index in [4.69, 9.17) is 4.74 Å². The lowest BCUT2D eigenvalue weighted by Gasteiger charge is -2.38. The molecule has 5 heteroatoms. The summed E-state index contributed by atoms with van der Waals surface area (Å²) in [5, 5.41) is 2.94. The quantitative estimate of drug-likeness (QED) is 0.732. The van der Waals surface area contributed by atoms with Gasteiger partial charge in [-0.25, -0.2) is 0 Å². The number of rotatable bonds is 8. The van der Waals surface area contributed by atoms with Crippen LogP contribution in [-0.4, -0.2) is 30.5 Å². The topological polar surface area (TPSA) is 58.6 Å². The largest absolute Gasteiger partial charge is 0.476 e. The van der Waals surface area contributed by atoms with Crippen LogP contribution in [0, 0.1) is 6.92 Å². The van der Waals surface area contributed by atoms with Gasteiger partial charge in [-0.15, -0.1) is 0 Å². The van der Waals surface area contributed by atoms with Crippen LogP contribution in [0.3, 0.4) is 0 Å². The normalized spacial score (nSPS) is 15.5. The highest BCUT2D eigenvalue weighted by atomic mass is 16.5. The summed E-state index contributed by atoms with van der Waals surface area (Å²) < 4.78 is 5.83. The lowest BCUT2D eigenvalue weighted by molar-refractivity contribution is -0.132. The predicted molar refractivity (Wildman–Crippen MR) is 100 cm³/mol. The standard InChI is InChI=1S/C20H30N2O3/c1-5-6-7-8-12-21-18(23)11-13-22-16-14-15(2)9-10-17(16)25-20(3,4)19(22)24/h9-10,14H,5-8,11-13H2,1-4H3,(H,21,23). The second-order valence-electron chi connectivity index (χ2n) is 7.20. The van der Waals surface area contributed by atoms with Crippen LogP contribution < -0.4 is 15.0 Å². The number of amides is 2. The molecule has 0 saturated carbocycles. The van der Waals surface area contributed by atoms with E-state index in [9.17, 15) is 9.59 Å². The van der Waals surface area contributed by atoms with Crippen molar-refractivity contribution in [3.8, 4) is 5.75 Å². The molecule has 0 radical (unpaired) electrons. The van der Waals surface area contributed by atoms with E-state index in [2.05, 4.69) is 12.2 Å². The van der Waals surface area contributed by atoms with Crippen molar-refractivity contribution in [3.05, 3.63) is 23.8 Å². The summed E-state index contributed by atoms with van der Waals surface area (Å²) in [6, 6.07) is 5.79. The smallest absolute Gasteiger partial charge is 0.270 e. The number of ether oxygens (including phenoxy) is 1. The zero-order chi connectivity index (χ0) is 18.4. The van der Waals surface area contributed by atoms with Crippen LogP contribution in [-0.2, 0) is 9.59 Å². The fourth-order valence-electron chi connectivity index (χ4n) is 2.98. The number of carbonyl (C=O) groups is 2. The molecule has 0 aliphatic carbocycles. The van der Waals surface area contributed by atoms with Gasteiger partial charge in [0.1, 0.15) is 5.75 Å². The van der Waals surface area contributed by atoms with Crippen LogP contribution in [0.1, 0.15) is 58.4 Å². The van der Waals surface area contributed by atoms with Gasteiger partial charge in [0.15, 0.2) is 5.60 Å². The highest BCUT2D eigenvalue weighted by molar-refractivity contribution is 6.02. The van der Waals surface area contributed by atoms with Crippen molar-refractivity contribution < 1.29 is 14.3 Å². The molecular weight excluding hydrogens is 316 g/mol. The van der Waals surface area contributed by atoms with E-state index >= 15 is 0 Å². The fraction of sp³-hybridized carbons (Fsp3) is 0.600. The highest BCUT2D eigenvalue weighted by Crippen LogP contribution is 2.38. The van der Waals surface area contributed by atoms with E-state index in [1.165, 1.54) is 12.8 Å². The number of hydrogen-bond donors (Lipinski definition) is 1. The first-order valence-corrected chi connectivity index (χ1v) is 9.23. The molecule has 0 saturated heterocycles. The third-order valence-corrected chi connectivity index (χ3v) is 4.45. The summed E-state index contributed by atoms with van der Waals surface area (Å²) in [7, 11) is 0. The van der Waals surface area contributed by atoms with Gasteiger partial charge in [0.05, 0.1) is 5.69 Å². The molecule has 1 aliphatic rings.